The van der Waals surface area contributed by atoms with E-state index in [1.165, 1.54) is 13.8 Å². The minimum Gasteiger partial charge on any atom is -0.462 e. The van der Waals surface area contributed by atoms with Crippen molar-refractivity contribution in [2.45, 2.75) is 104 Å². The van der Waals surface area contributed by atoms with Crippen molar-refractivity contribution in [2.75, 3.05) is 0 Å². The molecule has 0 aromatic rings. The van der Waals surface area contributed by atoms with Crippen LogP contribution in [0, 0.1) is 22.7 Å². The van der Waals surface area contributed by atoms with Gasteiger partial charge in [0.2, 0.25) is 0 Å². The Labute approximate surface area is 175 Å². The van der Waals surface area contributed by atoms with Crippen molar-refractivity contribution in [3.05, 3.63) is 12.7 Å². The van der Waals surface area contributed by atoms with Crippen molar-refractivity contribution in [3.63, 3.8) is 0 Å². The molecule has 0 radical (unpaired) electrons. The Morgan fingerprint density at radius 3 is 2.07 bits per heavy atom. The van der Waals surface area contributed by atoms with Crippen LogP contribution in [0.1, 0.15) is 80.6 Å². The monoisotopic (exact) mass is 406 g/mol. The summed E-state index contributed by atoms with van der Waals surface area (Å²) in [6.07, 6.45) is 5.93. The molecule has 1 heterocycles. The van der Waals surface area contributed by atoms with Gasteiger partial charge in [-0.2, -0.15) is 0 Å². The van der Waals surface area contributed by atoms with E-state index in [-0.39, 0.29) is 46.5 Å². The van der Waals surface area contributed by atoms with Crippen molar-refractivity contribution < 1.29 is 23.8 Å². The summed E-state index contributed by atoms with van der Waals surface area (Å²) in [5.41, 5.74) is -1.08. The maximum absolute atomic E-state index is 11.8. The normalized spacial score (nSPS) is 46.0. The van der Waals surface area contributed by atoms with Gasteiger partial charge in [0.1, 0.15) is 17.8 Å². The third kappa shape index (κ3) is 3.54. The number of ether oxygens (including phenoxy) is 3. The summed E-state index contributed by atoms with van der Waals surface area (Å²) in [4.78, 5) is 23.5. The Kier molecular flexibility index (Phi) is 5.47. The third-order valence-electron chi connectivity index (χ3n) is 8.50. The summed E-state index contributed by atoms with van der Waals surface area (Å²) in [6, 6.07) is 0. The summed E-state index contributed by atoms with van der Waals surface area (Å²) in [7, 11) is 0. The zero-order valence-corrected chi connectivity index (χ0v) is 19.2. The number of esters is 2. The van der Waals surface area contributed by atoms with Gasteiger partial charge in [-0.25, -0.2) is 0 Å². The van der Waals surface area contributed by atoms with Gasteiger partial charge >= 0.3 is 11.9 Å². The summed E-state index contributed by atoms with van der Waals surface area (Å²) in [6.45, 7) is 18.0. The second-order valence-corrected chi connectivity index (χ2v) is 10.7. The molecule has 29 heavy (non-hydrogen) atoms. The number of carbonyl (C=O) groups is 2. The van der Waals surface area contributed by atoms with Gasteiger partial charge in [-0.15, -0.1) is 6.58 Å². The molecule has 2 aliphatic carbocycles. The molecule has 0 spiro atoms. The molecule has 1 aliphatic heterocycles. The summed E-state index contributed by atoms with van der Waals surface area (Å²) < 4.78 is 18.2. The van der Waals surface area contributed by atoms with E-state index in [0.717, 1.165) is 32.1 Å². The van der Waals surface area contributed by atoms with Crippen LogP contribution < -0.4 is 0 Å². The predicted octanol–water partition coefficient (Wildman–Crippen LogP) is 4.83. The lowest BCUT2D eigenvalue weighted by Crippen LogP contribution is -2.67. The smallest absolute Gasteiger partial charge is 0.303 e. The Balaban J connectivity index is 1.96. The van der Waals surface area contributed by atoms with E-state index in [1.54, 1.807) is 6.08 Å². The Morgan fingerprint density at radius 1 is 0.931 bits per heavy atom. The van der Waals surface area contributed by atoms with Gasteiger partial charge in [0.05, 0.1) is 5.60 Å². The average molecular weight is 407 g/mol. The standard InChI is InChI=1S/C24H38O5/c1-9-23(7)20(28-16(3)26)14-18-22(6)12-11-19(27-15(2)25)21(4,5)17(22)10-13-24(18,8)29-23/h9,17-20H,1,10-14H2,2-8H3/t17-,18-,19+,20+,22+,23-,24-/m0/s1. The lowest BCUT2D eigenvalue weighted by Gasteiger charge is -2.66. The van der Waals surface area contributed by atoms with Crippen molar-refractivity contribution in [1.82, 2.24) is 0 Å². The fourth-order valence-electron chi connectivity index (χ4n) is 7.09. The van der Waals surface area contributed by atoms with Crippen molar-refractivity contribution in [1.29, 1.82) is 0 Å². The predicted molar refractivity (Wildman–Crippen MR) is 111 cm³/mol. The highest BCUT2D eigenvalue weighted by Crippen LogP contribution is 2.66. The van der Waals surface area contributed by atoms with Crippen molar-refractivity contribution in [2.24, 2.45) is 22.7 Å². The number of hydrogen-bond acceptors (Lipinski definition) is 5. The van der Waals surface area contributed by atoms with Crippen LogP contribution in [0.15, 0.2) is 12.7 Å². The minimum atomic E-state index is -0.690. The lowest BCUT2D eigenvalue weighted by molar-refractivity contribution is -0.291. The van der Waals surface area contributed by atoms with Gasteiger partial charge in [0.15, 0.2) is 0 Å². The van der Waals surface area contributed by atoms with Crippen LogP contribution in [0.25, 0.3) is 0 Å². The van der Waals surface area contributed by atoms with Crippen molar-refractivity contribution in [3.8, 4) is 0 Å². The topological polar surface area (TPSA) is 61.8 Å². The van der Waals surface area contributed by atoms with Crippen molar-refractivity contribution >= 4 is 11.9 Å². The summed E-state index contributed by atoms with van der Waals surface area (Å²) in [5.74, 6) is 0.168. The minimum absolute atomic E-state index is 0.0219. The highest BCUT2D eigenvalue weighted by molar-refractivity contribution is 5.66. The fraction of sp³-hybridized carbons (Fsp3) is 0.833. The Hall–Kier alpha value is -1.36. The Bertz CT molecular complexity index is 699. The van der Waals surface area contributed by atoms with E-state index >= 15 is 0 Å². The highest BCUT2D eigenvalue weighted by Gasteiger charge is 2.65. The van der Waals surface area contributed by atoms with Gasteiger partial charge in [-0.3, -0.25) is 9.59 Å². The molecule has 7 atom stereocenters. The van der Waals surface area contributed by atoms with Gasteiger partial charge in [0.25, 0.3) is 0 Å². The molecule has 0 unspecified atom stereocenters. The number of hydrogen-bond donors (Lipinski definition) is 0. The quantitative estimate of drug-likeness (QED) is 0.496. The van der Waals surface area contributed by atoms with E-state index in [9.17, 15) is 9.59 Å². The maximum atomic E-state index is 11.8. The van der Waals surface area contributed by atoms with E-state index in [0.29, 0.717) is 5.92 Å². The van der Waals surface area contributed by atoms with Crippen LogP contribution >= 0.6 is 0 Å². The molecule has 0 N–H and O–H groups in total. The largest absolute Gasteiger partial charge is 0.462 e. The summed E-state index contributed by atoms with van der Waals surface area (Å²) >= 11 is 0. The highest BCUT2D eigenvalue weighted by atomic mass is 16.6. The molecule has 0 bridgehead atoms. The van der Waals surface area contributed by atoms with Crippen LogP contribution in [0.5, 0.6) is 0 Å². The maximum Gasteiger partial charge on any atom is 0.303 e. The van der Waals surface area contributed by atoms with Gasteiger partial charge in [-0.1, -0.05) is 26.8 Å². The molecular weight excluding hydrogens is 368 g/mol. The number of rotatable bonds is 3. The van der Waals surface area contributed by atoms with Gasteiger partial charge in [-0.05, 0) is 63.2 Å². The molecule has 3 aliphatic rings. The molecule has 164 valence electrons. The first kappa shape index (κ1) is 22.3. The Morgan fingerprint density at radius 2 is 1.52 bits per heavy atom. The van der Waals surface area contributed by atoms with Crippen LogP contribution in [0.4, 0.5) is 0 Å². The number of carbonyl (C=O) groups excluding carboxylic acids is 2. The fourth-order valence-corrected chi connectivity index (χ4v) is 7.09. The first-order chi connectivity index (χ1) is 13.3. The molecule has 1 saturated heterocycles. The second kappa shape index (κ2) is 7.11. The zero-order valence-electron chi connectivity index (χ0n) is 19.2. The van der Waals surface area contributed by atoms with Crippen LogP contribution in [0.2, 0.25) is 0 Å². The molecule has 5 nitrogen and oxygen atoms in total. The molecular formula is C24H38O5. The molecule has 5 heteroatoms. The first-order valence-electron chi connectivity index (χ1n) is 11.0. The van der Waals surface area contributed by atoms with Crippen LogP contribution in [0.3, 0.4) is 0 Å². The average Bonchev–Trinajstić information content (AvgIpc) is 2.58. The van der Waals surface area contributed by atoms with E-state index in [1.807, 2.05) is 6.92 Å². The van der Waals surface area contributed by atoms with E-state index < -0.39 is 5.60 Å². The third-order valence-corrected chi connectivity index (χ3v) is 8.50. The second-order valence-electron chi connectivity index (χ2n) is 10.7. The number of fused-ring (bicyclic) bond motifs is 3. The van der Waals surface area contributed by atoms with Crippen LogP contribution in [-0.4, -0.2) is 35.3 Å². The van der Waals surface area contributed by atoms with E-state index in [4.69, 9.17) is 14.2 Å². The van der Waals surface area contributed by atoms with Gasteiger partial charge < -0.3 is 14.2 Å². The zero-order chi connectivity index (χ0) is 21.8. The molecule has 0 aromatic heterocycles. The molecule has 3 fully saturated rings. The molecule has 0 amide bonds. The molecule has 3 rings (SSSR count). The van der Waals surface area contributed by atoms with Gasteiger partial charge in [0, 0.05) is 19.3 Å². The molecule has 2 saturated carbocycles. The lowest BCUT2D eigenvalue weighted by atomic mass is 9.43. The SMILES string of the molecule is C=C[C@]1(C)O[C@@]2(C)CC[C@H]3C(C)(C)[C@H](OC(C)=O)CC[C@@]3(C)[C@@H]2C[C@H]1OC(C)=O. The van der Waals surface area contributed by atoms with E-state index in [2.05, 4.69) is 34.3 Å². The summed E-state index contributed by atoms with van der Waals surface area (Å²) in [5, 5.41) is 0. The molecule has 0 aromatic carbocycles. The van der Waals surface area contributed by atoms with Crippen LogP contribution in [-0.2, 0) is 23.8 Å². The first-order valence-corrected chi connectivity index (χ1v) is 11.0.